The average molecular weight is 363 g/mol. The number of rotatable bonds is 5. The Morgan fingerprint density at radius 1 is 1.12 bits per heavy atom. The molecule has 0 fully saturated rings. The summed E-state index contributed by atoms with van der Waals surface area (Å²) >= 11 is 0. The van der Waals surface area contributed by atoms with Crippen LogP contribution in [0.25, 0.3) is 16.6 Å². The number of ether oxygens (including phenoxy) is 1. The maximum Gasteiger partial charge on any atom is 0.345 e. The van der Waals surface area contributed by atoms with Gasteiger partial charge in [0.25, 0.3) is 0 Å². The van der Waals surface area contributed by atoms with E-state index in [-0.39, 0.29) is 18.2 Å². The summed E-state index contributed by atoms with van der Waals surface area (Å²) in [4.78, 5) is 0. The second-order valence-corrected chi connectivity index (χ2v) is 6.91. The van der Waals surface area contributed by atoms with Crippen molar-refractivity contribution >= 4 is 10.9 Å². The van der Waals surface area contributed by atoms with Gasteiger partial charge in [-0.2, -0.15) is 8.78 Å². The highest BCUT2D eigenvalue weighted by Gasteiger charge is 2.31. The SMILES string of the molecule is Cc1c(C(C)(C)COC(F)F)n(-c2ccc(F)cc2)c2cccc(O)c12. The molecule has 0 bridgehead atoms. The third-order valence-electron chi connectivity index (χ3n) is 4.51. The molecule has 0 unspecified atom stereocenters. The molecule has 0 saturated carbocycles. The Bertz CT molecular complexity index is 930. The Morgan fingerprint density at radius 2 is 1.77 bits per heavy atom. The van der Waals surface area contributed by atoms with E-state index >= 15 is 0 Å². The van der Waals surface area contributed by atoms with Gasteiger partial charge >= 0.3 is 6.61 Å². The number of aromatic hydroxyl groups is 1. The van der Waals surface area contributed by atoms with E-state index in [1.807, 2.05) is 17.6 Å². The molecule has 0 aliphatic heterocycles. The van der Waals surface area contributed by atoms with Crippen molar-refractivity contribution in [3.63, 3.8) is 0 Å². The number of fused-ring (bicyclic) bond motifs is 1. The molecule has 0 atom stereocenters. The Labute approximate surface area is 149 Å². The van der Waals surface area contributed by atoms with Crippen molar-refractivity contribution in [2.24, 2.45) is 0 Å². The van der Waals surface area contributed by atoms with Crippen molar-refractivity contribution in [3.05, 3.63) is 59.5 Å². The molecular weight excluding hydrogens is 343 g/mol. The molecule has 0 amide bonds. The molecule has 0 saturated heterocycles. The maximum absolute atomic E-state index is 13.4. The monoisotopic (exact) mass is 363 g/mol. The minimum absolute atomic E-state index is 0.104. The number of phenols is 1. The molecule has 3 aromatic rings. The first-order valence-corrected chi connectivity index (χ1v) is 8.21. The van der Waals surface area contributed by atoms with E-state index in [0.717, 1.165) is 11.3 Å². The number of hydrogen-bond acceptors (Lipinski definition) is 2. The van der Waals surface area contributed by atoms with Gasteiger partial charge in [-0.3, -0.25) is 0 Å². The summed E-state index contributed by atoms with van der Waals surface area (Å²) < 4.78 is 45.0. The van der Waals surface area contributed by atoms with E-state index in [2.05, 4.69) is 4.74 Å². The number of alkyl halides is 2. The summed E-state index contributed by atoms with van der Waals surface area (Å²) in [5.41, 5.74) is 2.11. The van der Waals surface area contributed by atoms with Crippen molar-refractivity contribution in [2.45, 2.75) is 32.8 Å². The van der Waals surface area contributed by atoms with E-state index in [0.29, 0.717) is 16.6 Å². The minimum atomic E-state index is -2.87. The molecule has 26 heavy (non-hydrogen) atoms. The fraction of sp³-hybridized carbons (Fsp3) is 0.300. The number of hydrogen-bond donors (Lipinski definition) is 1. The van der Waals surface area contributed by atoms with Crippen molar-refractivity contribution in [1.82, 2.24) is 4.57 Å². The Balaban J connectivity index is 2.30. The molecule has 1 heterocycles. The van der Waals surface area contributed by atoms with Crippen LogP contribution in [-0.2, 0) is 10.2 Å². The molecule has 138 valence electrons. The maximum atomic E-state index is 13.4. The normalized spacial score (nSPS) is 12.3. The van der Waals surface area contributed by atoms with Crippen LogP contribution in [0.5, 0.6) is 5.75 Å². The van der Waals surface area contributed by atoms with Crippen molar-refractivity contribution in [3.8, 4) is 11.4 Å². The lowest BCUT2D eigenvalue weighted by Crippen LogP contribution is -2.29. The zero-order valence-electron chi connectivity index (χ0n) is 14.8. The van der Waals surface area contributed by atoms with Crippen LogP contribution in [0.15, 0.2) is 42.5 Å². The molecule has 3 nitrogen and oxygen atoms in total. The summed E-state index contributed by atoms with van der Waals surface area (Å²) in [6, 6.07) is 11.0. The van der Waals surface area contributed by atoms with Crippen molar-refractivity contribution in [1.29, 1.82) is 0 Å². The first-order valence-electron chi connectivity index (χ1n) is 8.21. The van der Waals surface area contributed by atoms with Crippen LogP contribution in [0, 0.1) is 12.7 Å². The van der Waals surface area contributed by atoms with Gasteiger partial charge in [0, 0.05) is 22.2 Å². The van der Waals surface area contributed by atoms with Gasteiger partial charge in [-0.05, 0) is 48.9 Å². The highest BCUT2D eigenvalue weighted by molar-refractivity contribution is 5.92. The molecule has 1 N–H and O–H groups in total. The highest BCUT2D eigenvalue weighted by Crippen LogP contribution is 2.40. The Kier molecular flexibility index (Phi) is 4.71. The van der Waals surface area contributed by atoms with Crippen LogP contribution in [0.2, 0.25) is 0 Å². The minimum Gasteiger partial charge on any atom is -0.507 e. The van der Waals surface area contributed by atoms with E-state index in [1.165, 1.54) is 12.1 Å². The number of nitrogens with zero attached hydrogens (tertiary/aromatic N) is 1. The van der Waals surface area contributed by atoms with Gasteiger partial charge in [0.15, 0.2) is 0 Å². The molecule has 2 aromatic carbocycles. The van der Waals surface area contributed by atoms with E-state index in [4.69, 9.17) is 0 Å². The van der Waals surface area contributed by atoms with Gasteiger partial charge in [-0.15, -0.1) is 0 Å². The van der Waals surface area contributed by atoms with Gasteiger partial charge in [0.1, 0.15) is 11.6 Å². The number of benzene rings is 2. The first-order chi connectivity index (χ1) is 12.2. The number of halogens is 3. The standard InChI is InChI=1S/C20H20F3NO2/c1-12-17-15(5-4-6-16(17)25)24(14-9-7-13(21)8-10-14)18(12)20(2,3)11-26-19(22)23/h4-10,19,25H,11H2,1-3H3. The summed E-state index contributed by atoms with van der Waals surface area (Å²) in [6.45, 7) is 2.36. The fourth-order valence-electron chi connectivity index (χ4n) is 3.51. The summed E-state index contributed by atoms with van der Waals surface area (Å²) in [7, 11) is 0. The second kappa shape index (κ2) is 6.68. The van der Waals surface area contributed by atoms with E-state index < -0.39 is 12.0 Å². The third kappa shape index (κ3) is 3.17. The highest BCUT2D eigenvalue weighted by atomic mass is 19.3. The third-order valence-corrected chi connectivity index (χ3v) is 4.51. The van der Waals surface area contributed by atoms with Crippen LogP contribution in [0.4, 0.5) is 13.2 Å². The van der Waals surface area contributed by atoms with Crippen LogP contribution in [0.3, 0.4) is 0 Å². The molecule has 3 rings (SSSR count). The lowest BCUT2D eigenvalue weighted by Gasteiger charge is -2.28. The Morgan fingerprint density at radius 3 is 2.38 bits per heavy atom. The average Bonchev–Trinajstić information content (AvgIpc) is 2.89. The van der Waals surface area contributed by atoms with Crippen LogP contribution in [0.1, 0.15) is 25.1 Å². The predicted molar refractivity (Wildman–Crippen MR) is 94.6 cm³/mol. The largest absolute Gasteiger partial charge is 0.507 e. The van der Waals surface area contributed by atoms with E-state index in [9.17, 15) is 18.3 Å². The van der Waals surface area contributed by atoms with Crippen molar-refractivity contribution < 1.29 is 23.0 Å². The molecule has 0 spiro atoms. The van der Waals surface area contributed by atoms with Crippen molar-refractivity contribution in [2.75, 3.05) is 6.61 Å². The zero-order valence-corrected chi connectivity index (χ0v) is 14.8. The van der Waals surface area contributed by atoms with Gasteiger partial charge in [0.2, 0.25) is 0 Å². The molecule has 1 aromatic heterocycles. The quantitative estimate of drug-likeness (QED) is 0.667. The summed E-state index contributed by atoms with van der Waals surface area (Å²) in [6.07, 6.45) is 0. The number of aromatic nitrogens is 1. The zero-order chi connectivity index (χ0) is 19.1. The lowest BCUT2D eigenvalue weighted by molar-refractivity contribution is -0.139. The molecule has 0 aliphatic carbocycles. The topological polar surface area (TPSA) is 34.4 Å². The fourth-order valence-corrected chi connectivity index (χ4v) is 3.51. The van der Waals surface area contributed by atoms with Gasteiger partial charge < -0.3 is 14.4 Å². The van der Waals surface area contributed by atoms with Gasteiger partial charge in [0.05, 0.1) is 12.1 Å². The van der Waals surface area contributed by atoms with Crippen LogP contribution >= 0.6 is 0 Å². The Hall–Kier alpha value is -2.47. The second-order valence-electron chi connectivity index (χ2n) is 6.91. The van der Waals surface area contributed by atoms with Crippen LogP contribution < -0.4 is 0 Å². The first kappa shape index (κ1) is 18.3. The smallest absolute Gasteiger partial charge is 0.345 e. The summed E-state index contributed by atoms with van der Waals surface area (Å²) in [5.74, 6) is -0.265. The molecular formula is C20H20F3NO2. The van der Waals surface area contributed by atoms with E-state index in [1.54, 1.807) is 38.1 Å². The molecule has 0 aliphatic rings. The van der Waals surface area contributed by atoms with Crippen LogP contribution in [-0.4, -0.2) is 22.9 Å². The molecule has 6 heteroatoms. The predicted octanol–water partition coefficient (Wildman–Crippen LogP) is 5.30. The number of phenolic OH excluding ortho intramolecular Hbond substituents is 1. The molecule has 0 radical (unpaired) electrons. The number of aryl methyl sites for hydroxylation is 1. The lowest BCUT2D eigenvalue weighted by atomic mass is 9.87. The van der Waals surface area contributed by atoms with Gasteiger partial charge in [-0.1, -0.05) is 19.9 Å². The summed E-state index contributed by atoms with van der Waals surface area (Å²) in [5, 5.41) is 11.0. The van der Waals surface area contributed by atoms with Gasteiger partial charge in [-0.25, -0.2) is 4.39 Å².